The summed E-state index contributed by atoms with van der Waals surface area (Å²) >= 11 is 2.87. The number of esters is 1. The Bertz CT molecular complexity index is 1420. The standard InChI is InChI=1S/C28H32N2O6S3/c1-4-35-20-12-10-19(11-13-20)30(39(33,34)22-16-14-21(37-3)15-17-22)18-25(31)29-27-26(28(32)36-5-2)23-8-6-7-9-24(23)38-27/h10-17H,4-9,18H2,1-3H3,(H,29,31). The molecule has 0 unspecified atom stereocenters. The summed E-state index contributed by atoms with van der Waals surface area (Å²) in [5.41, 5.74) is 1.62. The zero-order valence-electron chi connectivity index (χ0n) is 22.2. The third kappa shape index (κ3) is 6.59. The van der Waals surface area contributed by atoms with E-state index in [1.165, 1.54) is 35.2 Å². The van der Waals surface area contributed by atoms with Crippen LogP contribution in [0.1, 0.15) is 47.5 Å². The van der Waals surface area contributed by atoms with Gasteiger partial charge in [0.2, 0.25) is 5.91 Å². The van der Waals surface area contributed by atoms with Gasteiger partial charge in [-0.1, -0.05) is 0 Å². The number of benzene rings is 2. The van der Waals surface area contributed by atoms with Crippen LogP contribution in [-0.4, -0.2) is 46.3 Å². The van der Waals surface area contributed by atoms with Gasteiger partial charge in [0.1, 0.15) is 17.3 Å². The molecule has 11 heteroatoms. The van der Waals surface area contributed by atoms with Gasteiger partial charge in [0.15, 0.2) is 0 Å². The van der Waals surface area contributed by atoms with Crippen molar-refractivity contribution in [3.05, 3.63) is 64.5 Å². The predicted octanol–water partition coefficient (Wildman–Crippen LogP) is 5.76. The number of rotatable bonds is 11. The number of thiophene rings is 1. The maximum absolute atomic E-state index is 13.8. The van der Waals surface area contributed by atoms with E-state index in [9.17, 15) is 18.0 Å². The molecule has 3 aromatic rings. The summed E-state index contributed by atoms with van der Waals surface area (Å²) in [5, 5.41) is 3.23. The first-order chi connectivity index (χ1) is 18.8. The predicted molar refractivity (Wildman–Crippen MR) is 156 cm³/mol. The third-order valence-corrected chi connectivity index (χ3v) is 10.0. The number of hydrogen-bond acceptors (Lipinski definition) is 8. The molecular weight excluding hydrogens is 557 g/mol. The van der Waals surface area contributed by atoms with Crippen LogP contribution in [0.3, 0.4) is 0 Å². The van der Waals surface area contributed by atoms with Gasteiger partial charge in [-0.3, -0.25) is 9.10 Å². The van der Waals surface area contributed by atoms with Gasteiger partial charge in [0.25, 0.3) is 10.0 Å². The molecule has 0 spiro atoms. The average molecular weight is 589 g/mol. The molecule has 0 atom stereocenters. The number of nitrogens with one attached hydrogen (secondary N) is 1. The van der Waals surface area contributed by atoms with Crippen molar-refractivity contribution in [2.75, 3.05) is 35.6 Å². The molecule has 0 aliphatic heterocycles. The number of sulfonamides is 1. The van der Waals surface area contributed by atoms with E-state index in [4.69, 9.17) is 9.47 Å². The lowest BCUT2D eigenvalue weighted by molar-refractivity contribution is -0.114. The molecule has 1 amide bonds. The average Bonchev–Trinajstić information content (AvgIpc) is 3.30. The Morgan fingerprint density at radius 1 is 1.00 bits per heavy atom. The number of fused-ring (bicyclic) bond motifs is 1. The summed E-state index contributed by atoms with van der Waals surface area (Å²) in [6.45, 7) is 3.81. The quantitative estimate of drug-likeness (QED) is 0.225. The van der Waals surface area contributed by atoms with Gasteiger partial charge in [-0.2, -0.15) is 0 Å². The lowest BCUT2D eigenvalue weighted by Crippen LogP contribution is -2.38. The van der Waals surface area contributed by atoms with Gasteiger partial charge >= 0.3 is 5.97 Å². The monoisotopic (exact) mass is 588 g/mol. The molecular formula is C28H32N2O6S3. The highest BCUT2D eigenvalue weighted by molar-refractivity contribution is 7.98. The number of ether oxygens (including phenoxy) is 2. The minimum absolute atomic E-state index is 0.0702. The number of hydrogen-bond donors (Lipinski definition) is 1. The molecule has 1 aromatic heterocycles. The number of carbonyl (C=O) groups excluding carboxylic acids is 2. The number of nitrogens with zero attached hydrogens (tertiary/aromatic N) is 1. The molecule has 0 saturated heterocycles. The Hall–Kier alpha value is -3.02. The Morgan fingerprint density at radius 2 is 1.69 bits per heavy atom. The smallest absolute Gasteiger partial charge is 0.341 e. The fourth-order valence-electron chi connectivity index (χ4n) is 4.44. The molecule has 1 aliphatic rings. The molecule has 0 fully saturated rings. The summed E-state index contributed by atoms with van der Waals surface area (Å²) < 4.78 is 39.4. The number of thioether (sulfide) groups is 1. The molecule has 4 rings (SSSR count). The Labute approximate surface area is 237 Å². The van der Waals surface area contributed by atoms with E-state index in [0.717, 1.165) is 45.3 Å². The van der Waals surface area contributed by atoms with Gasteiger partial charge in [0, 0.05) is 9.77 Å². The second-order valence-electron chi connectivity index (χ2n) is 8.80. The number of aryl methyl sites for hydroxylation is 1. The Balaban J connectivity index is 1.67. The van der Waals surface area contributed by atoms with Crippen molar-refractivity contribution in [2.24, 2.45) is 0 Å². The van der Waals surface area contributed by atoms with Crippen molar-refractivity contribution < 1.29 is 27.5 Å². The highest BCUT2D eigenvalue weighted by Gasteiger charge is 2.30. The normalized spacial score (nSPS) is 12.9. The maximum Gasteiger partial charge on any atom is 0.341 e. The summed E-state index contributed by atoms with van der Waals surface area (Å²) in [6.07, 6.45) is 5.47. The minimum Gasteiger partial charge on any atom is -0.494 e. The molecule has 0 saturated carbocycles. The van der Waals surface area contributed by atoms with Crippen molar-refractivity contribution in [1.29, 1.82) is 0 Å². The molecule has 1 N–H and O–H groups in total. The van der Waals surface area contributed by atoms with Crippen molar-refractivity contribution in [3.8, 4) is 5.75 Å². The van der Waals surface area contributed by atoms with Crippen LogP contribution in [0.25, 0.3) is 0 Å². The lowest BCUT2D eigenvalue weighted by atomic mass is 9.95. The molecule has 208 valence electrons. The highest BCUT2D eigenvalue weighted by atomic mass is 32.2. The molecule has 8 nitrogen and oxygen atoms in total. The summed E-state index contributed by atoms with van der Waals surface area (Å²) in [5.74, 6) is -0.440. The fourth-order valence-corrected chi connectivity index (χ4v) is 7.56. The fraction of sp³-hybridized carbons (Fsp3) is 0.357. The SMILES string of the molecule is CCOC(=O)c1c(NC(=O)CN(c2ccc(OCC)cc2)S(=O)(=O)c2ccc(SC)cc2)sc2c1CCCC2. The van der Waals surface area contributed by atoms with Crippen LogP contribution >= 0.6 is 23.1 Å². The number of amides is 1. The van der Waals surface area contributed by atoms with Crippen LogP contribution in [0.15, 0.2) is 58.3 Å². The van der Waals surface area contributed by atoms with Crippen molar-refractivity contribution in [1.82, 2.24) is 0 Å². The van der Waals surface area contributed by atoms with Crippen LogP contribution in [-0.2, 0) is 32.4 Å². The van der Waals surface area contributed by atoms with Crippen molar-refractivity contribution >= 4 is 55.7 Å². The lowest BCUT2D eigenvalue weighted by Gasteiger charge is -2.24. The second kappa shape index (κ2) is 12.9. The van der Waals surface area contributed by atoms with E-state index in [2.05, 4.69) is 5.32 Å². The van der Waals surface area contributed by atoms with Gasteiger partial charge in [-0.15, -0.1) is 23.1 Å². The minimum atomic E-state index is -4.09. The zero-order chi connectivity index (χ0) is 28.0. The summed E-state index contributed by atoms with van der Waals surface area (Å²) in [4.78, 5) is 28.3. The van der Waals surface area contributed by atoms with Crippen LogP contribution in [0.2, 0.25) is 0 Å². The van der Waals surface area contributed by atoms with E-state index >= 15 is 0 Å². The molecule has 1 aliphatic carbocycles. The van der Waals surface area contributed by atoms with Gasteiger partial charge in [-0.25, -0.2) is 13.2 Å². The number of carbonyl (C=O) groups is 2. The molecule has 0 radical (unpaired) electrons. The zero-order valence-corrected chi connectivity index (χ0v) is 24.6. The van der Waals surface area contributed by atoms with Crippen LogP contribution in [0, 0.1) is 0 Å². The first kappa shape index (κ1) is 29.0. The van der Waals surface area contributed by atoms with E-state index in [1.807, 2.05) is 13.2 Å². The van der Waals surface area contributed by atoms with Gasteiger partial charge in [-0.05, 0) is 99.9 Å². The van der Waals surface area contributed by atoms with E-state index < -0.39 is 28.4 Å². The first-order valence-corrected chi connectivity index (χ1v) is 16.3. The topological polar surface area (TPSA) is 102 Å². The van der Waals surface area contributed by atoms with E-state index in [0.29, 0.717) is 28.6 Å². The summed E-state index contributed by atoms with van der Waals surface area (Å²) in [6, 6.07) is 13.1. The molecule has 39 heavy (non-hydrogen) atoms. The number of anilines is 2. The first-order valence-electron chi connectivity index (χ1n) is 12.8. The molecule has 0 bridgehead atoms. The van der Waals surface area contributed by atoms with Crippen LogP contribution in [0.5, 0.6) is 5.75 Å². The van der Waals surface area contributed by atoms with E-state index in [-0.39, 0.29) is 11.5 Å². The van der Waals surface area contributed by atoms with Gasteiger partial charge < -0.3 is 14.8 Å². The van der Waals surface area contributed by atoms with Crippen LogP contribution < -0.4 is 14.4 Å². The van der Waals surface area contributed by atoms with Gasteiger partial charge in [0.05, 0.1) is 29.4 Å². The molecule has 1 heterocycles. The third-order valence-electron chi connectivity index (χ3n) is 6.27. The highest BCUT2D eigenvalue weighted by Crippen LogP contribution is 2.39. The molecule has 2 aromatic carbocycles. The van der Waals surface area contributed by atoms with Crippen molar-refractivity contribution in [3.63, 3.8) is 0 Å². The van der Waals surface area contributed by atoms with E-state index in [1.54, 1.807) is 43.3 Å². The summed E-state index contributed by atoms with van der Waals surface area (Å²) in [7, 11) is -4.09. The Kier molecular flexibility index (Phi) is 9.58. The van der Waals surface area contributed by atoms with Crippen molar-refractivity contribution in [2.45, 2.75) is 49.3 Å². The Morgan fingerprint density at radius 3 is 2.33 bits per heavy atom. The largest absolute Gasteiger partial charge is 0.494 e. The maximum atomic E-state index is 13.8. The second-order valence-corrected chi connectivity index (χ2v) is 12.6. The van der Waals surface area contributed by atoms with Crippen LogP contribution in [0.4, 0.5) is 10.7 Å².